The molecule has 1 aliphatic rings. The molecule has 1 aromatic heterocycles. The van der Waals surface area contributed by atoms with E-state index in [4.69, 9.17) is 5.73 Å². The third-order valence-electron chi connectivity index (χ3n) is 3.26. The van der Waals surface area contributed by atoms with Crippen molar-refractivity contribution >= 4 is 11.5 Å². The summed E-state index contributed by atoms with van der Waals surface area (Å²) < 4.78 is 1.90. The molecular formula is C11H21N5. The third kappa shape index (κ3) is 2.00. The van der Waals surface area contributed by atoms with Gasteiger partial charge in [-0.1, -0.05) is 0 Å². The van der Waals surface area contributed by atoms with Crippen LogP contribution in [0.15, 0.2) is 0 Å². The molecule has 5 nitrogen and oxygen atoms in total. The van der Waals surface area contributed by atoms with Gasteiger partial charge in [0.1, 0.15) is 5.82 Å². The molecule has 5 heteroatoms. The van der Waals surface area contributed by atoms with Gasteiger partial charge >= 0.3 is 0 Å². The predicted molar refractivity (Wildman–Crippen MR) is 66.7 cm³/mol. The van der Waals surface area contributed by atoms with Gasteiger partial charge in [0, 0.05) is 26.7 Å². The van der Waals surface area contributed by atoms with E-state index in [9.17, 15) is 0 Å². The van der Waals surface area contributed by atoms with E-state index in [0.29, 0.717) is 0 Å². The molecule has 2 rings (SSSR count). The zero-order chi connectivity index (χ0) is 11.7. The number of nitrogen functional groups attached to an aromatic ring is 1. The van der Waals surface area contributed by atoms with Crippen LogP contribution in [0.4, 0.5) is 11.5 Å². The molecule has 1 aliphatic heterocycles. The summed E-state index contributed by atoms with van der Waals surface area (Å²) in [6.07, 6.45) is 1.18. The van der Waals surface area contributed by atoms with Crippen LogP contribution >= 0.6 is 0 Å². The van der Waals surface area contributed by atoms with Crippen molar-refractivity contribution in [2.24, 2.45) is 7.05 Å². The topological polar surface area (TPSA) is 50.3 Å². The predicted octanol–water partition coefficient (Wildman–Crippen LogP) is 0.453. The van der Waals surface area contributed by atoms with Gasteiger partial charge in [0.25, 0.3) is 0 Å². The van der Waals surface area contributed by atoms with Crippen LogP contribution in [0.3, 0.4) is 0 Å². The molecule has 1 saturated heterocycles. The van der Waals surface area contributed by atoms with Gasteiger partial charge in [-0.25, -0.2) is 0 Å². The molecule has 0 spiro atoms. The Kier molecular flexibility index (Phi) is 3.05. The lowest BCUT2D eigenvalue weighted by atomic mass is 10.3. The summed E-state index contributed by atoms with van der Waals surface area (Å²) in [4.78, 5) is 4.71. The van der Waals surface area contributed by atoms with Crippen LogP contribution in [0.5, 0.6) is 0 Å². The van der Waals surface area contributed by atoms with Crippen LogP contribution in [0.25, 0.3) is 0 Å². The maximum absolute atomic E-state index is 6.08. The summed E-state index contributed by atoms with van der Waals surface area (Å²) in [5.41, 5.74) is 7.83. The fourth-order valence-corrected chi connectivity index (χ4v) is 2.30. The monoisotopic (exact) mass is 223 g/mol. The minimum atomic E-state index is 0.826. The minimum Gasteiger partial charge on any atom is -0.394 e. The van der Waals surface area contributed by atoms with E-state index in [-0.39, 0.29) is 0 Å². The highest BCUT2D eigenvalue weighted by atomic mass is 15.4. The highest BCUT2D eigenvalue weighted by Gasteiger charge is 2.19. The zero-order valence-electron chi connectivity index (χ0n) is 10.4. The molecule has 0 bridgehead atoms. The highest BCUT2D eigenvalue weighted by molar-refractivity contribution is 5.66. The number of aromatic nitrogens is 2. The van der Waals surface area contributed by atoms with E-state index in [1.807, 2.05) is 18.7 Å². The SMILES string of the molecule is Cc1nn(C)c(N2CCCN(C)CC2)c1N. The van der Waals surface area contributed by atoms with Crippen molar-refractivity contribution < 1.29 is 0 Å². The Bertz CT molecular complexity index is 371. The fraction of sp³-hybridized carbons (Fsp3) is 0.727. The van der Waals surface area contributed by atoms with Gasteiger partial charge in [-0.3, -0.25) is 4.68 Å². The van der Waals surface area contributed by atoms with Gasteiger partial charge in [0.15, 0.2) is 0 Å². The smallest absolute Gasteiger partial charge is 0.150 e. The summed E-state index contributed by atoms with van der Waals surface area (Å²) >= 11 is 0. The van der Waals surface area contributed by atoms with Crippen LogP contribution < -0.4 is 10.6 Å². The Labute approximate surface area is 96.8 Å². The first-order chi connectivity index (χ1) is 7.59. The number of likely N-dealkylation sites (N-methyl/N-ethyl adjacent to an activating group) is 1. The van der Waals surface area contributed by atoms with Crippen molar-refractivity contribution in [3.8, 4) is 0 Å². The van der Waals surface area contributed by atoms with Crippen LogP contribution in [0, 0.1) is 6.92 Å². The number of nitrogens with two attached hydrogens (primary N) is 1. The first kappa shape index (κ1) is 11.3. The molecule has 90 valence electrons. The molecule has 2 heterocycles. The maximum Gasteiger partial charge on any atom is 0.150 e. The van der Waals surface area contributed by atoms with Gasteiger partial charge in [0.05, 0.1) is 11.4 Å². The second kappa shape index (κ2) is 4.33. The Morgan fingerprint density at radius 3 is 2.50 bits per heavy atom. The number of rotatable bonds is 1. The van der Waals surface area contributed by atoms with E-state index in [1.54, 1.807) is 0 Å². The molecule has 0 saturated carbocycles. The first-order valence-corrected chi connectivity index (χ1v) is 5.82. The molecule has 0 aromatic carbocycles. The summed E-state index contributed by atoms with van der Waals surface area (Å²) in [7, 11) is 4.13. The fourth-order valence-electron chi connectivity index (χ4n) is 2.30. The van der Waals surface area contributed by atoms with Crippen LogP contribution in [0.1, 0.15) is 12.1 Å². The van der Waals surface area contributed by atoms with E-state index in [1.165, 1.54) is 6.42 Å². The Balaban J connectivity index is 2.22. The number of aryl methyl sites for hydroxylation is 2. The van der Waals surface area contributed by atoms with Crippen LogP contribution in [0.2, 0.25) is 0 Å². The molecule has 0 amide bonds. The summed E-state index contributed by atoms with van der Waals surface area (Å²) in [5.74, 6) is 1.08. The molecule has 0 aliphatic carbocycles. The largest absolute Gasteiger partial charge is 0.394 e. The zero-order valence-corrected chi connectivity index (χ0v) is 10.4. The number of nitrogens with zero attached hydrogens (tertiary/aromatic N) is 4. The van der Waals surface area contributed by atoms with E-state index < -0.39 is 0 Å². The standard InChI is InChI=1S/C11H21N5/c1-9-10(12)11(15(3)13-9)16-6-4-5-14(2)7-8-16/h4-8,12H2,1-3H3. The maximum atomic E-state index is 6.08. The Hall–Kier alpha value is -1.23. The van der Waals surface area contributed by atoms with Crippen molar-refractivity contribution in [2.75, 3.05) is 43.9 Å². The van der Waals surface area contributed by atoms with Crippen molar-refractivity contribution in [2.45, 2.75) is 13.3 Å². The van der Waals surface area contributed by atoms with Gasteiger partial charge in [-0.15, -0.1) is 0 Å². The average molecular weight is 223 g/mol. The van der Waals surface area contributed by atoms with Crippen LogP contribution in [-0.4, -0.2) is 47.9 Å². The third-order valence-corrected chi connectivity index (χ3v) is 3.26. The Morgan fingerprint density at radius 2 is 1.88 bits per heavy atom. The van der Waals surface area contributed by atoms with Crippen molar-refractivity contribution in [3.63, 3.8) is 0 Å². The van der Waals surface area contributed by atoms with Gasteiger partial charge in [-0.05, 0) is 26.9 Å². The van der Waals surface area contributed by atoms with Gasteiger partial charge in [-0.2, -0.15) is 5.10 Å². The molecule has 0 atom stereocenters. The lowest BCUT2D eigenvalue weighted by molar-refractivity contribution is 0.360. The molecule has 2 N–H and O–H groups in total. The van der Waals surface area contributed by atoms with E-state index >= 15 is 0 Å². The normalized spacial score (nSPS) is 18.8. The molecule has 0 radical (unpaired) electrons. The summed E-state index contributed by atoms with van der Waals surface area (Å²) in [5, 5.41) is 4.37. The van der Waals surface area contributed by atoms with Crippen molar-refractivity contribution in [3.05, 3.63) is 5.69 Å². The number of hydrogen-bond acceptors (Lipinski definition) is 4. The average Bonchev–Trinajstić information content (AvgIpc) is 2.42. The van der Waals surface area contributed by atoms with Crippen LogP contribution in [-0.2, 0) is 7.05 Å². The quantitative estimate of drug-likeness (QED) is 0.751. The number of hydrogen-bond donors (Lipinski definition) is 1. The summed E-state index contributed by atoms with van der Waals surface area (Å²) in [6.45, 7) is 6.30. The molecule has 1 fully saturated rings. The van der Waals surface area contributed by atoms with Crippen molar-refractivity contribution in [1.29, 1.82) is 0 Å². The van der Waals surface area contributed by atoms with E-state index in [2.05, 4.69) is 21.9 Å². The van der Waals surface area contributed by atoms with Gasteiger partial charge < -0.3 is 15.5 Å². The van der Waals surface area contributed by atoms with Gasteiger partial charge in [0.2, 0.25) is 0 Å². The lowest BCUT2D eigenvalue weighted by Gasteiger charge is -2.23. The van der Waals surface area contributed by atoms with E-state index in [0.717, 1.165) is 43.4 Å². The lowest BCUT2D eigenvalue weighted by Crippen LogP contribution is -2.30. The first-order valence-electron chi connectivity index (χ1n) is 5.82. The Morgan fingerprint density at radius 1 is 1.12 bits per heavy atom. The number of anilines is 2. The second-order valence-electron chi connectivity index (χ2n) is 4.59. The summed E-state index contributed by atoms with van der Waals surface area (Å²) in [6, 6.07) is 0. The molecule has 16 heavy (non-hydrogen) atoms. The van der Waals surface area contributed by atoms with Crippen molar-refractivity contribution in [1.82, 2.24) is 14.7 Å². The second-order valence-corrected chi connectivity index (χ2v) is 4.59. The highest BCUT2D eigenvalue weighted by Crippen LogP contribution is 2.26. The minimum absolute atomic E-state index is 0.826. The molecule has 0 unspecified atom stereocenters. The molecular weight excluding hydrogens is 202 g/mol. The molecule has 1 aromatic rings.